The average molecular weight is 446 g/mol. The highest BCUT2D eigenvalue weighted by molar-refractivity contribution is 7.99. The number of aliphatic hydroxyl groups is 5. The third kappa shape index (κ3) is 4.25. The number of benzene rings is 2. The quantitative estimate of drug-likeness (QED) is 0.392. The van der Waals surface area contributed by atoms with Crippen LogP contribution >= 0.6 is 11.8 Å². The molecular formula is C23H27NO6S. The van der Waals surface area contributed by atoms with Crippen LogP contribution in [0.4, 0.5) is 0 Å². The minimum Gasteiger partial charge on any atom is -0.396 e. The van der Waals surface area contributed by atoms with Gasteiger partial charge in [0.2, 0.25) is 0 Å². The molecule has 0 radical (unpaired) electrons. The Labute approximate surface area is 184 Å². The molecule has 166 valence electrons. The highest BCUT2D eigenvalue weighted by Gasteiger charge is 2.44. The zero-order valence-electron chi connectivity index (χ0n) is 17.1. The molecule has 1 saturated heterocycles. The van der Waals surface area contributed by atoms with Gasteiger partial charge in [0.15, 0.2) is 6.23 Å². The molecule has 3 aromatic rings. The molecule has 1 fully saturated rings. The molecule has 4 rings (SSSR count). The number of aromatic nitrogens is 1. The summed E-state index contributed by atoms with van der Waals surface area (Å²) >= 11 is 1.56. The summed E-state index contributed by atoms with van der Waals surface area (Å²) in [6.45, 7) is 1.60. The van der Waals surface area contributed by atoms with Crippen molar-refractivity contribution in [1.82, 2.24) is 4.57 Å². The largest absolute Gasteiger partial charge is 0.396 e. The van der Waals surface area contributed by atoms with Gasteiger partial charge in [0.1, 0.15) is 24.4 Å². The molecule has 8 heteroatoms. The number of hydrogen-bond acceptors (Lipinski definition) is 7. The van der Waals surface area contributed by atoms with E-state index in [4.69, 9.17) is 9.84 Å². The first-order valence-electron chi connectivity index (χ1n) is 10.2. The van der Waals surface area contributed by atoms with E-state index in [-0.39, 0.29) is 6.61 Å². The van der Waals surface area contributed by atoms with Gasteiger partial charge in [0.05, 0.1) is 12.1 Å². The Morgan fingerprint density at radius 2 is 1.71 bits per heavy atom. The molecule has 7 nitrogen and oxygen atoms in total. The van der Waals surface area contributed by atoms with Crippen LogP contribution in [0.2, 0.25) is 0 Å². The second-order valence-corrected chi connectivity index (χ2v) is 8.93. The third-order valence-corrected chi connectivity index (χ3v) is 6.76. The Hall–Kier alpha value is -1.91. The summed E-state index contributed by atoms with van der Waals surface area (Å²) in [6.07, 6.45) is -3.64. The molecule has 1 aliphatic heterocycles. The van der Waals surface area contributed by atoms with Gasteiger partial charge in [-0.3, -0.25) is 0 Å². The van der Waals surface area contributed by atoms with Gasteiger partial charge in [-0.25, -0.2) is 0 Å². The second-order valence-electron chi connectivity index (χ2n) is 7.81. The van der Waals surface area contributed by atoms with Crippen LogP contribution in [0.25, 0.3) is 10.9 Å². The first kappa shape index (κ1) is 22.3. The van der Waals surface area contributed by atoms with Crippen molar-refractivity contribution in [1.29, 1.82) is 0 Å². The van der Waals surface area contributed by atoms with Crippen molar-refractivity contribution < 1.29 is 30.3 Å². The van der Waals surface area contributed by atoms with Gasteiger partial charge in [-0.15, -0.1) is 0 Å². The summed E-state index contributed by atoms with van der Waals surface area (Å²) < 4.78 is 7.58. The Morgan fingerprint density at radius 3 is 2.39 bits per heavy atom. The molecule has 2 heterocycles. The Balaban J connectivity index is 1.73. The molecule has 1 aliphatic rings. The van der Waals surface area contributed by atoms with E-state index < -0.39 is 37.3 Å². The van der Waals surface area contributed by atoms with Crippen molar-refractivity contribution >= 4 is 22.7 Å². The zero-order chi connectivity index (χ0) is 22.1. The highest BCUT2D eigenvalue weighted by Crippen LogP contribution is 2.40. The third-order valence-electron chi connectivity index (χ3n) is 5.71. The van der Waals surface area contributed by atoms with Crippen LogP contribution in [0, 0.1) is 6.92 Å². The minimum absolute atomic E-state index is 0.109. The number of aliphatic hydroxyl groups excluding tert-OH is 5. The molecule has 0 amide bonds. The minimum atomic E-state index is -1.44. The number of fused-ring (bicyclic) bond motifs is 1. The van der Waals surface area contributed by atoms with Gasteiger partial charge in [-0.2, -0.15) is 0 Å². The summed E-state index contributed by atoms with van der Waals surface area (Å²) in [4.78, 5) is 1.97. The van der Waals surface area contributed by atoms with E-state index in [1.165, 1.54) is 0 Å². The van der Waals surface area contributed by atoms with Crippen molar-refractivity contribution in [3.05, 3.63) is 59.8 Å². The van der Waals surface area contributed by atoms with E-state index in [1.54, 1.807) is 16.3 Å². The molecule has 0 unspecified atom stereocenters. The van der Waals surface area contributed by atoms with Crippen molar-refractivity contribution in [2.24, 2.45) is 0 Å². The zero-order valence-corrected chi connectivity index (χ0v) is 17.9. The molecule has 2 aromatic carbocycles. The van der Waals surface area contributed by atoms with Crippen LogP contribution in [-0.2, 0) is 11.2 Å². The van der Waals surface area contributed by atoms with Gasteiger partial charge >= 0.3 is 0 Å². The van der Waals surface area contributed by atoms with Gasteiger partial charge in [0.25, 0.3) is 0 Å². The highest BCUT2D eigenvalue weighted by atomic mass is 32.2. The summed E-state index contributed by atoms with van der Waals surface area (Å²) in [7, 11) is 0. The maximum absolute atomic E-state index is 10.6. The van der Waals surface area contributed by atoms with E-state index >= 15 is 0 Å². The first-order chi connectivity index (χ1) is 14.9. The monoisotopic (exact) mass is 445 g/mol. The number of hydrogen-bond donors (Lipinski definition) is 5. The predicted molar refractivity (Wildman–Crippen MR) is 117 cm³/mol. The van der Waals surface area contributed by atoms with Crippen LogP contribution in [0.5, 0.6) is 0 Å². The fourth-order valence-corrected chi connectivity index (χ4v) is 5.00. The lowest BCUT2D eigenvalue weighted by molar-refractivity contribution is -0.250. The van der Waals surface area contributed by atoms with E-state index in [0.717, 1.165) is 31.8 Å². The molecule has 0 spiro atoms. The van der Waals surface area contributed by atoms with Crippen molar-refractivity contribution in [2.75, 3.05) is 13.2 Å². The molecular weight excluding hydrogens is 418 g/mol. The topological polar surface area (TPSA) is 115 Å². The van der Waals surface area contributed by atoms with Crippen LogP contribution in [0.15, 0.2) is 58.5 Å². The van der Waals surface area contributed by atoms with E-state index in [0.29, 0.717) is 6.42 Å². The molecule has 0 saturated carbocycles. The van der Waals surface area contributed by atoms with Crippen LogP contribution in [0.1, 0.15) is 17.4 Å². The number of ether oxygens (including phenoxy) is 1. The lowest BCUT2D eigenvalue weighted by Gasteiger charge is -2.40. The van der Waals surface area contributed by atoms with Gasteiger partial charge in [-0.1, -0.05) is 42.1 Å². The van der Waals surface area contributed by atoms with Crippen molar-refractivity contribution in [3.8, 4) is 0 Å². The lowest BCUT2D eigenvalue weighted by atomic mass is 9.98. The first-order valence-corrected chi connectivity index (χ1v) is 11.0. The normalized spacial score (nSPS) is 26.5. The molecule has 31 heavy (non-hydrogen) atoms. The van der Waals surface area contributed by atoms with E-state index in [2.05, 4.69) is 0 Å². The van der Waals surface area contributed by atoms with Crippen LogP contribution < -0.4 is 0 Å². The van der Waals surface area contributed by atoms with Gasteiger partial charge in [-0.05, 0) is 36.6 Å². The van der Waals surface area contributed by atoms with Crippen molar-refractivity contribution in [3.63, 3.8) is 0 Å². The van der Waals surface area contributed by atoms with Crippen LogP contribution in [-0.4, -0.2) is 67.7 Å². The second kappa shape index (κ2) is 9.30. The fraction of sp³-hybridized carbons (Fsp3) is 0.391. The van der Waals surface area contributed by atoms with Crippen LogP contribution in [0.3, 0.4) is 0 Å². The van der Waals surface area contributed by atoms with Crippen molar-refractivity contribution in [2.45, 2.75) is 53.8 Å². The Morgan fingerprint density at radius 1 is 0.968 bits per heavy atom. The molecule has 5 atom stereocenters. The molecule has 1 aromatic heterocycles. The molecule has 0 aliphatic carbocycles. The standard InChI is InChI=1S/C23H27NO6S/c1-13-3-2-4-16-18(31-15-7-5-14(6-8-15)9-10-25)11-24(19(13)16)23-22(29)21(28)20(27)17(12-26)30-23/h2-8,11,17,20-23,25-29H,9-10,12H2,1H3/t17-,20-,21+,22-,23-/m1/s1. The smallest absolute Gasteiger partial charge is 0.163 e. The maximum atomic E-state index is 10.6. The number of rotatable bonds is 6. The number of aryl methyl sites for hydroxylation is 1. The molecule has 0 bridgehead atoms. The van der Waals surface area contributed by atoms with Gasteiger partial charge in [0, 0.05) is 28.0 Å². The fourth-order valence-electron chi connectivity index (χ4n) is 4.04. The summed E-state index contributed by atoms with van der Waals surface area (Å²) in [5.74, 6) is 0. The van der Waals surface area contributed by atoms with Gasteiger partial charge < -0.3 is 34.8 Å². The van der Waals surface area contributed by atoms with E-state index in [1.807, 2.05) is 55.6 Å². The van der Waals surface area contributed by atoms with E-state index in [9.17, 15) is 20.4 Å². The number of nitrogens with zero attached hydrogens (tertiary/aromatic N) is 1. The number of para-hydroxylation sites is 1. The summed E-state index contributed by atoms with van der Waals surface area (Å²) in [6, 6.07) is 13.9. The average Bonchev–Trinajstić information content (AvgIpc) is 3.13. The molecule has 5 N–H and O–H groups in total. The summed E-state index contributed by atoms with van der Waals surface area (Å²) in [5, 5.41) is 50.6. The predicted octanol–water partition coefficient (Wildman–Crippen LogP) is 1.61. The summed E-state index contributed by atoms with van der Waals surface area (Å²) in [5.41, 5.74) is 2.89. The lowest BCUT2D eigenvalue weighted by Crippen LogP contribution is -2.56. The Bertz CT molecular complexity index is 1030. The Kier molecular flexibility index (Phi) is 6.68. The SMILES string of the molecule is Cc1cccc2c(Sc3ccc(CCO)cc3)cn([C@@H]3O[C@H](CO)[C@@H](O)[C@H](O)[C@H]3O)c12. The maximum Gasteiger partial charge on any atom is 0.163 e.